The van der Waals surface area contributed by atoms with Gasteiger partial charge >= 0.3 is 0 Å². The van der Waals surface area contributed by atoms with Crippen LogP contribution in [0.2, 0.25) is 0 Å². The lowest BCUT2D eigenvalue weighted by Crippen LogP contribution is -2.41. The van der Waals surface area contributed by atoms with Crippen molar-refractivity contribution in [1.29, 1.82) is 0 Å². The maximum Gasteiger partial charge on any atom is 0.0558 e. The van der Waals surface area contributed by atoms with E-state index in [2.05, 4.69) is 20.0 Å². The molecule has 0 unspecified atom stereocenters. The number of aliphatic hydroxyl groups is 8. The van der Waals surface area contributed by atoms with E-state index in [9.17, 15) is 0 Å². The van der Waals surface area contributed by atoms with Crippen LogP contribution in [0.1, 0.15) is 19.3 Å². The molecule has 0 heterocycles. The fourth-order valence-corrected chi connectivity index (χ4v) is 3.90. The molecular weight excluding hydrogens is 498 g/mol. The third-order valence-corrected chi connectivity index (χ3v) is 5.99. The molecule has 13 heteroatoms. The summed E-state index contributed by atoms with van der Waals surface area (Å²) >= 11 is 0. The summed E-state index contributed by atoms with van der Waals surface area (Å²) in [7, 11) is 0. The predicted octanol–water partition coefficient (Wildman–Crippen LogP) is -4.12. The largest absolute Gasteiger partial charge is 0.395 e. The van der Waals surface area contributed by atoms with Crippen molar-refractivity contribution in [2.45, 2.75) is 19.3 Å². The van der Waals surface area contributed by atoms with E-state index in [-0.39, 0.29) is 52.9 Å². The van der Waals surface area contributed by atoms with Gasteiger partial charge in [0.1, 0.15) is 0 Å². The topological polar surface area (TPSA) is 187 Å². The van der Waals surface area contributed by atoms with Gasteiger partial charge in [-0.15, -0.1) is 0 Å². The van der Waals surface area contributed by atoms with Gasteiger partial charge in [0.2, 0.25) is 0 Å². The van der Waals surface area contributed by atoms with E-state index < -0.39 is 0 Å². The molecule has 232 valence electrons. The second-order valence-electron chi connectivity index (χ2n) is 8.97. The zero-order valence-corrected chi connectivity index (χ0v) is 23.5. The monoisotopic (exact) mass is 557 g/mol. The maximum absolute atomic E-state index is 9.02. The molecule has 0 bridgehead atoms. The van der Waals surface area contributed by atoms with Gasteiger partial charge in [0.05, 0.1) is 52.9 Å². The molecule has 38 heavy (non-hydrogen) atoms. The van der Waals surface area contributed by atoms with Gasteiger partial charge in [-0.3, -0.25) is 19.6 Å². The highest BCUT2D eigenvalue weighted by atomic mass is 16.3. The number of rotatable bonds is 28. The van der Waals surface area contributed by atoms with Crippen LogP contribution in [0.4, 0.5) is 0 Å². The smallest absolute Gasteiger partial charge is 0.0558 e. The second-order valence-corrected chi connectivity index (χ2v) is 8.97. The third kappa shape index (κ3) is 27.1. The van der Waals surface area contributed by atoms with Gasteiger partial charge in [-0.25, -0.2) is 0 Å². The average Bonchev–Trinajstić information content (AvgIpc) is 2.90. The van der Waals surface area contributed by atoms with Crippen molar-refractivity contribution in [3.63, 3.8) is 0 Å². The molecule has 0 aromatic rings. The lowest BCUT2D eigenvalue weighted by molar-refractivity contribution is 0.133. The molecule has 0 spiro atoms. The van der Waals surface area contributed by atoms with Crippen LogP contribution < -0.4 is 5.32 Å². The van der Waals surface area contributed by atoms with Gasteiger partial charge in [0.25, 0.3) is 0 Å². The van der Waals surface area contributed by atoms with Gasteiger partial charge in [0.15, 0.2) is 0 Å². The molecule has 0 fully saturated rings. The Bertz CT molecular complexity index is 411. The van der Waals surface area contributed by atoms with Crippen molar-refractivity contribution in [3.05, 3.63) is 0 Å². The highest BCUT2D eigenvalue weighted by Crippen LogP contribution is 2.01. The van der Waals surface area contributed by atoms with Crippen LogP contribution >= 0.6 is 0 Å². The number of hydrogen-bond acceptors (Lipinski definition) is 13. The Morgan fingerprint density at radius 3 is 0.921 bits per heavy atom. The van der Waals surface area contributed by atoms with Gasteiger partial charge in [-0.2, -0.15) is 0 Å². The van der Waals surface area contributed by atoms with Crippen molar-refractivity contribution in [2.24, 2.45) is 0 Å². The Labute approximate surface area is 229 Å². The van der Waals surface area contributed by atoms with E-state index in [1.807, 2.05) is 4.90 Å². The normalized spacial score (nSPS) is 11.7. The minimum atomic E-state index is 0.0814. The summed E-state index contributed by atoms with van der Waals surface area (Å²) in [5, 5.41) is 74.1. The molecule has 13 nitrogen and oxygen atoms in total. The standard InChI is InChI=1S/C13H30N2O4.C12H29N3O4/c16-10-6-14(7-11-17)4-2-1-3-5-15(8-12-18)9-13-19;16-9-2-13-1-3-14(6-10-17)4-5-15(7-11-18)8-12-19/h16-19H,1-13H2;13,16-19H,1-12H2. The Morgan fingerprint density at radius 1 is 0.289 bits per heavy atom. The van der Waals surface area contributed by atoms with E-state index in [0.29, 0.717) is 52.4 Å². The molecule has 0 aliphatic rings. The molecule has 0 rings (SSSR count). The summed E-state index contributed by atoms with van der Waals surface area (Å²) in [6.45, 7) is 10.5. The molecule has 0 aliphatic heterocycles. The molecule has 0 atom stereocenters. The summed E-state index contributed by atoms with van der Waals surface area (Å²) in [6.07, 6.45) is 3.14. The Hall–Kier alpha value is -0.520. The predicted molar refractivity (Wildman–Crippen MR) is 149 cm³/mol. The summed E-state index contributed by atoms with van der Waals surface area (Å²) in [5.41, 5.74) is 0. The number of unbranched alkanes of at least 4 members (excludes halogenated alkanes) is 2. The molecule has 0 radical (unpaired) electrons. The number of nitrogens with one attached hydrogen (secondary N) is 1. The number of hydrogen-bond donors (Lipinski definition) is 9. The molecular formula is C25H59N5O8. The zero-order valence-electron chi connectivity index (χ0n) is 23.5. The molecule has 0 saturated heterocycles. The first-order chi connectivity index (χ1) is 18.6. The van der Waals surface area contributed by atoms with Crippen LogP contribution in [0.15, 0.2) is 0 Å². The first kappa shape index (κ1) is 39.6. The Morgan fingerprint density at radius 2 is 0.605 bits per heavy atom. The summed E-state index contributed by atoms with van der Waals surface area (Å²) in [6, 6.07) is 0. The van der Waals surface area contributed by atoms with E-state index in [0.717, 1.165) is 58.5 Å². The van der Waals surface area contributed by atoms with Gasteiger partial charge < -0.3 is 46.2 Å². The molecule has 0 aromatic carbocycles. The summed E-state index contributed by atoms with van der Waals surface area (Å²) in [4.78, 5) is 8.22. The number of nitrogens with zero attached hydrogens (tertiary/aromatic N) is 4. The average molecular weight is 558 g/mol. The van der Waals surface area contributed by atoms with Crippen molar-refractivity contribution < 1.29 is 40.9 Å². The van der Waals surface area contributed by atoms with E-state index in [1.54, 1.807) is 0 Å². The van der Waals surface area contributed by atoms with Crippen LogP contribution in [-0.2, 0) is 0 Å². The minimum Gasteiger partial charge on any atom is -0.395 e. The van der Waals surface area contributed by atoms with E-state index in [1.165, 1.54) is 0 Å². The third-order valence-electron chi connectivity index (χ3n) is 5.99. The lowest BCUT2D eigenvalue weighted by Gasteiger charge is -2.26. The first-order valence-corrected chi connectivity index (χ1v) is 14.0. The Kier molecular flexibility index (Phi) is 34.1. The van der Waals surface area contributed by atoms with Gasteiger partial charge in [-0.1, -0.05) is 6.42 Å². The molecule has 0 aliphatic carbocycles. The van der Waals surface area contributed by atoms with Crippen LogP contribution in [0, 0.1) is 0 Å². The van der Waals surface area contributed by atoms with Crippen LogP contribution in [-0.4, -0.2) is 205 Å². The summed E-state index contributed by atoms with van der Waals surface area (Å²) in [5.74, 6) is 0. The first-order valence-electron chi connectivity index (χ1n) is 14.0. The molecule has 0 amide bonds. The van der Waals surface area contributed by atoms with Gasteiger partial charge in [0, 0.05) is 78.5 Å². The van der Waals surface area contributed by atoms with Gasteiger partial charge in [-0.05, 0) is 25.9 Å². The molecule has 0 aromatic heterocycles. The summed E-state index contributed by atoms with van der Waals surface area (Å²) < 4.78 is 0. The van der Waals surface area contributed by atoms with Crippen molar-refractivity contribution in [3.8, 4) is 0 Å². The zero-order chi connectivity index (χ0) is 28.7. The number of aliphatic hydroxyl groups excluding tert-OH is 8. The molecule has 9 N–H and O–H groups in total. The SMILES string of the molecule is OCCN(CCO)CCCCCN(CCO)CCO.OCCNCCN(CCO)CCN(CCO)CCO. The van der Waals surface area contributed by atoms with Crippen molar-refractivity contribution >= 4 is 0 Å². The fraction of sp³-hybridized carbons (Fsp3) is 1.00. The quantitative estimate of drug-likeness (QED) is 0.0423. The lowest BCUT2D eigenvalue weighted by atomic mass is 10.2. The fourth-order valence-electron chi connectivity index (χ4n) is 3.90. The van der Waals surface area contributed by atoms with Crippen LogP contribution in [0.3, 0.4) is 0 Å². The van der Waals surface area contributed by atoms with Crippen LogP contribution in [0.25, 0.3) is 0 Å². The van der Waals surface area contributed by atoms with Crippen molar-refractivity contribution in [2.75, 3.05) is 144 Å². The Balaban J connectivity index is 0. The second kappa shape index (κ2) is 32.7. The van der Waals surface area contributed by atoms with Crippen molar-refractivity contribution in [1.82, 2.24) is 24.9 Å². The minimum absolute atomic E-state index is 0.0814. The molecule has 0 saturated carbocycles. The highest BCUT2D eigenvalue weighted by molar-refractivity contribution is 4.65. The highest BCUT2D eigenvalue weighted by Gasteiger charge is 2.08. The maximum atomic E-state index is 9.02. The van der Waals surface area contributed by atoms with Crippen LogP contribution in [0.5, 0.6) is 0 Å². The van der Waals surface area contributed by atoms with E-state index in [4.69, 9.17) is 40.9 Å². The van der Waals surface area contributed by atoms with E-state index >= 15 is 0 Å².